The van der Waals surface area contributed by atoms with Crippen molar-refractivity contribution in [2.75, 3.05) is 27.2 Å². The predicted octanol–water partition coefficient (Wildman–Crippen LogP) is 2.47. The third kappa shape index (κ3) is 5.61. The summed E-state index contributed by atoms with van der Waals surface area (Å²) in [4.78, 5) is 16.2. The number of thiocarbonyl (C=S) groups is 1. The minimum Gasteiger partial charge on any atom is -0.393 e. The van der Waals surface area contributed by atoms with Crippen LogP contribution in [0, 0.1) is 0 Å². The Morgan fingerprint density at radius 1 is 1.38 bits per heavy atom. The van der Waals surface area contributed by atoms with E-state index < -0.39 is 0 Å². The first-order chi connectivity index (χ1) is 9.82. The van der Waals surface area contributed by atoms with Crippen LogP contribution < -0.4 is 5.73 Å². The maximum Gasteiger partial charge on any atom is 0.236 e. The molecule has 1 rings (SSSR count). The first kappa shape index (κ1) is 17.9. The van der Waals surface area contributed by atoms with Crippen molar-refractivity contribution in [2.45, 2.75) is 19.4 Å². The number of amides is 1. The van der Waals surface area contributed by atoms with E-state index in [0.717, 1.165) is 5.56 Å². The van der Waals surface area contributed by atoms with Gasteiger partial charge in [0.2, 0.25) is 5.91 Å². The third-order valence-corrected chi connectivity index (χ3v) is 4.07. The molecule has 0 aromatic heterocycles. The summed E-state index contributed by atoms with van der Waals surface area (Å²) in [5.41, 5.74) is 6.47. The highest BCUT2D eigenvalue weighted by molar-refractivity contribution is 7.80. The van der Waals surface area contributed by atoms with Gasteiger partial charge in [0.05, 0.1) is 11.5 Å². The Kier molecular flexibility index (Phi) is 7.08. The Balaban J connectivity index is 2.59. The third-order valence-electron chi connectivity index (χ3n) is 3.52. The molecule has 0 saturated carbocycles. The van der Waals surface area contributed by atoms with Crippen LogP contribution in [0.25, 0.3) is 0 Å². The molecule has 1 amide bonds. The highest BCUT2D eigenvalue weighted by atomic mass is 35.5. The summed E-state index contributed by atoms with van der Waals surface area (Å²) in [5, 5.41) is 0.714. The van der Waals surface area contributed by atoms with Crippen LogP contribution in [0.2, 0.25) is 5.02 Å². The number of hydrogen-bond acceptors (Lipinski definition) is 3. The van der Waals surface area contributed by atoms with Crippen LogP contribution in [0.3, 0.4) is 0 Å². The van der Waals surface area contributed by atoms with Crippen molar-refractivity contribution >= 4 is 34.7 Å². The monoisotopic (exact) mass is 327 g/mol. The SMILES string of the molecule is CC(c1ccccc1Cl)N(C)CC(=O)N(C)CCC(N)=S. The molecule has 1 atom stereocenters. The van der Waals surface area contributed by atoms with Gasteiger partial charge in [-0.05, 0) is 25.6 Å². The zero-order valence-electron chi connectivity index (χ0n) is 12.7. The van der Waals surface area contributed by atoms with E-state index >= 15 is 0 Å². The van der Waals surface area contributed by atoms with Gasteiger partial charge in [-0.1, -0.05) is 42.0 Å². The molecule has 21 heavy (non-hydrogen) atoms. The number of rotatable bonds is 7. The molecule has 1 unspecified atom stereocenters. The summed E-state index contributed by atoms with van der Waals surface area (Å²) in [7, 11) is 3.67. The molecule has 4 nitrogen and oxygen atoms in total. The average Bonchev–Trinajstić information content (AvgIpc) is 2.44. The van der Waals surface area contributed by atoms with Crippen molar-refractivity contribution in [3.05, 3.63) is 34.9 Å². The van der Waals surface area contributed by atoms with Gasteiger partial charge < -0.3 is 10.6 Å². The molecule has 0 saturated heterocycles. The molecular weight excluding hydrogens is 306 g/mol. The highest BCUT2D eigenvalue weighted by Crippen LogP contribution is 2.25. The van der Waals surface area contributed by atoms with Crippen LogP contribution in [0.15, 0.2) is 24.3 Å². The Morgan fingerprint density at radius 2 is 2.00 bits per heavy atom. The van der Waals surface area contributed by atoms with E-state index in [9.17, 15) is 4.79 Å². The Hall–Kier alpha value is -1.17. The van der Waals surface area contributed by atoms with Gasteiger partial charge >= 0.3 is 0 Å². The number of benzene rings is 1. The predicted molar refractivity (Wildman–Crippen MR) is 91.5 cm³/mol. The summed E-state index contributed by atoms with van der Waals surface area (Å²) < 4.78 is 0. The number of carbonyl (C=O) groups is 1. The average molecular weight is 328 g/mol. The summed E-state index contributed by atoms with van der Waals surface area (Å²) >= 11 is 11.0. The van der Waals surface area contributed by atoms with Crippen LogP contribution in [0.1, 0.15) is 24.9 Å². The lowest BCUT2D eigenvalue weighted by molar-refractivity contribution is -0.131. The van der Waals surface area contributed by atoms with E-state index in [-0.39, 0.29) is 11.9 Å². The molecule has 6 heteroatoms. The van der Waals surface area contributed by atoms with Gasteiger partial charge in [0, 0.05) is 31.1 Å². The second-order valence-corrected chi connectivity index (χ2v) is 6.08. The largest absolute Gasteiger partial charge is 0.393 e. The lowest BCUT2D eigenvalue weighted by Crippen LogP contribution is -2.38. The van der Waals surface area contributed by atoms with Gasteiger partial charge in [-0.25, -0.2) is 0 Å². The fraction of sp³-hybridized carbons (Fsp3) is 0.467. The van der Waals surface area contributed by atoms with E-state index in [1.807, 2.05) is 43.1 Å². The normalized spacial score (nSPS) is 12.2. The van der Waals surface area contributed by atoms with Gasteiger partial charge in [0.1, 0.15) is 0 Å². The first-order valence-electron chi connectivity index (χ1n) is 6.80. The molecule has 1 aromatic rings. The molecule has 0 aliphatic carbocycles. The molecule has 0 bridgehead atoms. The van der Waals surface area contributed by atoms with Crippen molar-refractivity contribution in [1.82, 2.24) is 9.80 Å². The highest BCUT2D eigenvalue weighted by Gasteiger charge is 2.18. The fourth-order valence-electron chi connectivity index (χ4n) is 1.92. The molecule has 0 aliphatic heterocycles. The molecule has 1 aromatic carbocycles. The lowest BCUT2D eigenvalue weighted by atomic mass is 10.1. The van der Waals surface area contributed by atoms with Crippen LogP contribution in [0.5, 0.6) is 0 Å². The standard InChI is InChI=1S/C15H22ClN3OS/c1-11(12-6-4-5-7-13(12)16)19(3)10-15(20)18(2)9-8-14(17)21/h4-7,11H,8-10H2,1-3H3,(H2,17,21). The second-order valence-electron chi connectivity index (χ2n) is 5.14. The van der Waals surface area contributed by atoms with Gasteiger partial charge in [0.15, 0.2) is 0 Å². The molecule has 0 spiro atoms. The van der Waals surface area contributed by atoms with Gasteiger partial charge in [-0.15, -0.1) is 0 Å². The second kappa shape index (κ2) is 8.32. The Bertz CT molecular complexity index is 509. The summed E-state index contributed by atoms with van der Waals surface area (Å²) in [6, 6.07) is 7.74. The molecule has 2 N–H and O–H groups in total. The topological polar surface area (TPSA) is 49.6 Å². The van der Waals surface area contributed by atoms with Crippen LogP contribution in [-0.4, -0.2) is 47.9 Å². The van der Waals surface area contributed by atoms with Crippen LogP contribution in [-0.2, 0) is 4.79 Å². The fourth-order valence-corrected chi connectivity index (χ4v) is 2.31. The molecular formula is C15H22ClN3OS. The lowest BCUT2D eigenvalue weighted by Gasteiger charge is -2.27. The van der Waals surface area contributed by atoms with Crippen molar-refractivity contribution in [3.63, 3.8) is 0 Å². The van der Waals surface area contributed by atoms with Crippen molar-refractivity contribution in [1.29, 1.82) is 0 Å². The number of halogens is 1. The molecule has 116 valence electrons. The van der Waals surface area contributed by atoms with Crippen molar-refractivity contribution < 1.29 is 4.79 Å². The van der Waals surface area contributed by atoms with Crippen LogP contribution >= 0.6 is 23.8 Å². The number of nitrogens with two attached hydrogens (primary N) is 1. The van der Waals surface area contributed by atoms with Gasteiger partial charge in [-0.3, -0.25) is 9.69 Å². The van der Waals surface area contributed by atoms with E-state index in [4.69, 9.17) is 29.6 Å². The van der Waals surface area contributed by atoms with Crippen molar-refractivity contribution in [2.24, 2.45) is 5.73 Å². The van der Waals surface area contributed by atoms with Gasteiger partial charge in [-0.2, -0.15) is 0 Å². The minimum atomic E-state index is 0.0349. The maximum atomic E-state index is 12.2. The van der Waals surface area contributed by atoms with Gasteiger partial charge in [0.25, 0.3) is 0 Å². The Morgan fingerprint density at radius 3 is 2.57 bits per heavy atom. The molecule has 0 aliphatic rings. The van der Waals surface area contributed by atoms with E-state index in [1.165, 1.54) is 0 Å². The Labute approximate surface area is 136 Å². The van der Waals surface area contributed by atoms with Crippen LogP contribution in [0.4, 0.5) is 0 Å². The molecule has 0 radical (unpaired) electrons. The zero-order valence-corrected chi connectivity index (χ0v) is 14.2. The molecule has 0 heterocycles. The van der Waals surface area contributed by atoms with E-state index in [0.29, 0.717) is 29.5 Å². The quantitative estimate of drug-likeness (QED) is 0.782. The van der Waals surface area contributed by atoms with E-state index in [2.05, 4.69) is 0 Å². The number of carbonyl (C=O) groups excluding carboxylic acids is 1. The smallest absolute Gasteiger partial charge is 0.236 e. The maximum absolute atomic E-state index is 12.2. The van der Waals surface area contributed by atoms with Crippen molar-refractivity contribution in [3.8, 4) is 0 Å². The summed E-state index contributed by atoms with van der Waals surface area (Å²) in [5.74, 6) is 0.0349. The first-order valence-corrected chi connectivity index (χ1v) is 7.58. The summed E-state index contributed by atoms with van der Waals surface area (Å²) in [6.45, 7) is 2.90. The minimum absolute atomic E-state index is 0.0349. The zero-order chi connectivity index (χ0) is 16.0. The summed E-state index contributed by atoms with van der Waals surface area (Å²) in [6.07, 6.45) is 0.543. The molecule has 0 fully saturated rings. The number of likely N-dealkylation sites (N-methyl/N-ethyl adjacent to an activating group) is 2. The number of hydrogen-bond donors (Lipinski definition) is 1. The van der Waals surface area contributed by atoms with E-state index in [1.54, 1.807) is 11.9 Å². The number of nitrogens with zero attached hydrogens (tertiary/aromatic N) is 2.